The molecule has 4 heteroatoms. The summed E-state index contributed by atoms with van der Waals surface area (Å²) < 4.78 is 41.3. The van der Waals surface area contributed by atoms with Crippen LogP contribution in [0.15, 0.2) is 48.5 Å². The van der Waals surface area contributed by atoms with E-state index in [0.717, 1.165) is 12.1 Å². The molecule has 0 aliphatic rings. The van der Waals surface area contributed by atoms with E-state index >= 15 is 0 Å². The summed E-state index contributed by atoms with van der Waals surface area (Å²) in [6.07, 6.45) is 0. The average Bonchev–Trinajstić information content (AvgIpc) is 2.30. The van der Waals surface area contributed by atoms with Crippen molar-refractivity contribution in [1.82, 2.24) is 0 Å². The lowest BCUT2D eigenvalue weighted by atomic mass is 10.00. The highest BCUT2D eigenvalue weighted by Crippen LogP contribution is 2.36. The second-order valence-corrected chi connectivity index (χ2v) is 3.68. The highest BCUT2D eigenvalue weighted by molar-refractivity contribution is 5.43. The third-order valence-electron chi connectivity index (χ3n) is 2.49. The first-order chi connectivity index (χ1) is 8.01. The SMILES string of the molecule is Nc1ccc(C(F)(F)c2ccccc2F)cc1. The average molecular weight is 237 g/mol. The van der Waals surface area contributed by atoms with Gasteiger partial charge in [0.1, 0.15) is 5.82 Å². The van der Waals surface area contributed by atoms with Crippen molar-refractivity contribution in [3.05, 3.63) is 65.5 Å². The second kappa shape index (κ2) is 4.13. The molecule has 0 aliphatic carbocycles. The molecule has 0 radical (unpaired) electrons. The number of anilines is 1. The van der Waals surface area contributed by atoms with E-state index in [0.29, 0.717) is 5.69 Å². The van der Waals surface area contributed by atoms with E-state index in [4.69, 9.17) is 5.73 Å². The summed E-state index contributed by atoms with van der Waals surface area (Å²) in [7, 11) is 0. The number of rotatable bonds is 2. The minimum Gasteiger partial charge on any atom is -0.399 e. The highest BCUT2D eigenvalue weighted by Gasteiger charge is 2.36. The lowest BCUT2D eigenvalue weighted by molar-refractivity contribution is 0.0389. The van der Waals surface area contributed by atoms with Gasteiger partial charge in [0, 0.05) is 11.3 Å². The zero-order valence-electron chi connectivity index (χ0n) is 8.83. The van der Waals surface area contributed by atoms with Gasteiger partial charge in [-0.25, -0.2) is 4.39 Å². The number of halogens is 3. The van der Waals surface area contributed by atoms with Crippen molar-refractivity contribution >= 4 is 5.69 Å². The lowest BCUT2D eigenvalue weighted by Crippen LogP contribution is -2.17. The summed E-state index contributed by atoms with van der Waals surface area (Å²) in [5.74, 6) is -4.28. The van der Waals surface area contributed by atoms with E-state index in [9.17, 15) is 13.2 Å². The van der Waals surface area contributed by atoms with Crippen molar-refractivity contribution in [1.29, 1.82) is 0 Å². The van der Waals surface area contributed by atoms with Crippen molar-refractivity contribution in [3.63, 3.8) is 0 Å². The minimum atomic E-state index is -3.36. The zero-order chi connectivity index (χ0) is 12.5. The molecule has 0 amide bonds. The number of benzene rings is 2. The number of alkyl halides is 2. The maximum absolute atomic E-state index is 14.0. The number of nitrogen functional groups attached to an aromatic ring is 1. The Morgan fingerprint density at radius 1 is 0.882 bits per heavy atom. The van der Waals surface area contributed by atoms with E-state index in [1.165, 1.54) is 36.4 Å². The predicted octanol–water partition coefficient (Wildman–Crippen LogP) is 3.55. The van der Waals surface area contributed by atoms with Gasteiger partial charge in [0.25, 0.3) is 0 Å². The molecule has 2 rings (SSSR count). The van der Waals surface area contributed by atoms with Crippen molar-refractivity contribution in [2.45, 2.75) is 5.92 Å². The normalized spacial score (nSPS) is 11.5. The quantitative estimate of drug-likeness (QED) is 0.794. The van der Waals surface area contributed by atoms with Crippen molar-refractivity contribution in [2.75, 3.05) is 5.73 Å². The number of nitrogens with two attached hydrogens (primary N) is 1. The molecular weight excluding hydrogens is 227 g/mol. The maximum Gasteiger partial charge on any atom is 0.301 e. The van der Waals surface area contributed by atoms with Crippen molar-refractivity contribution in [3.8, 4) is 0 Å². The molecule has 0 heterocycles. The van der Waals surface area contributed by atoms with Crippen LogP contribution >= 0.6 is 0 Å². The first-order valence-electron chi connectivity index (χ1n) is 5.00. The van der Waals surface area contributed by atoms with Gasteiger partial charge < -0.3 is 5.73 Å². The second-order valence-electron chi connectivity index (χ2n) is 3.68. The molecule has 0 fully saturated rings. The molecule has 0 aliphatic heterocycles. The van der Waals surface area contributed by atoms with Crippen LogP contribution in [-0.2, 0) is 5.92 Å². The molecule has 0 unspecified atom stereocenters. The lowest BCUT2D eigenvalue weighted by Gasteiger charge is -2.17. The summed E-state index contributed by atoms with van der Waals surface area (Å²) >= 11 is 0. The minimum absolute atomic E-state index is 0.281. The predicted molar refractivity (Wildman–Crippen MR) is 60.3 cm³/mol. The van der Waals surface area contributed by atoms with Crippen LogP contribution in [0.1, 0.15) is 11.1 Å². The Balaban J connectivity index is 2.49. The molecule has 0 aromatic heterocycles. The summed E-state index contributed by atoms with van der Waals surface area (Å²) in [4.78, 5) is 0. The van der Waals surface area contributed by atoms with Gasteiger partial charge in [-0.2, -0.15) is 8.78 Å². The fourth-order valence-electron chi connectivity index (χ4n) is 1.56. The molecule has 2 N–H and O–H groups in total. The Bertz CT molecular complexity index is 520. The monoisotopic (exact) mass is 237 g/mol. The fraction of sp³-hybridized carbons (Fsp3) is 0.0769. The Hall–Kier alpha value is -1.97. The van der Waals surface area contributed by atoms with E-state index in [-0.39, 0.29) is 5.56 Å². The summed E-state index contributed by atoms with van der Waals surface area (Å²) in [6.45, 7) is 0. The van der Waals surface area contributed by atoms with Gasteiger partial charge in [-0.3, -0.25) is 0 Å². The van der Waals surface area contributed by atoms with Gasteiger partial charge in [-0.1, -0.05) is 24.3 Å². The molecule has 0 saturated carbocycles. The molecule has 2 aromatic carbocycles. The fourth-order valence-corrected chi connectivity index (χ4v) is 1.56. The van der Waals surface area contributed by atoms with Crippen molar-refractivity contribution in [2.24, 2.45) is 0 Å². The van der Waals surface area contributed by atoms with Crippen LogP contribution in [0.25, 0.3) is 0 Å². The summed E-state index contributed by atoms with van der Waals surface area (Å²) in [6, 6.07) is 9.96. The third kappa shape index (κ3) is 2.11. The maximum atomic E-state index is 14.0. The summed E-state index contributed by atoms with van der Waals surface area (Å²) in [5.41, 5.74) is 4.89. The van der Waals surface area contributed by atoms with E-state index in [1.807, 2.05) is 0 Å². The van der Waals surface area contributed by atoms with Gasteiger partial charge in [0.2, 0.25) is 0 Å². The van der Waals surface area contributed by atoms with Gasteiger partial charge in [0.05, 0.1) is 5.56 Å². The summed E-state index contributed by atoms with van der Waals surface area (Å²) in [5, 5.41) is 0. The Morgan fingerprint density at radius 2 is 1.47 bits per heavy atom. The van der Waals surface area contributed by atoms with E-state index < -0.39 is 17.3 Å². The molecule has 1 nitrogen and oxygen atoms in total. The van der Waals surface area contributed by atoms with Crippen LogP contribution in [-0.4, -0.2) is 0 Å². The van der Waals surface area contributed by atoms with E-state index in [2.05, 4.69) is 0 Å². The zero-order valence-corrected chi connectivity index (χ0v) is 8.83. The molecule has 0 saturated heterocycles. The largest absolute Gasteiger partial charge is 0.399 e. The van der Waals surface area contributed by atoms with Crippen LogP contribution in [0, 0.1) is 5.82 Å². The molecule has 2 aromatic rings. The number of hydrogen-bond donors (Lipinski definition) is 1. The topological polar surface area (TPSA) is 26.0 Å². The molecule has 17 heavy (non-hydrogen) atoms. The van der Waals surface area contributed by atoms with Gasteiger partial charge in [-0.15, -0.1) is 0 Å². The molecule has 88 valence electrons. The number of hydrogen-bond acceptors (Lipinski definition) is 1. The molecule has 0 atom stereocenters. The highest BCUT2D eigenvalue weighted by atomic mass is 19.3. The van der Waals surface area contributed by atoms with Crippen LogP contribution < -0.4 is 5.73 Å². The third-order valence-corrected chi connectivity index (χ3v) is 2.49. The van der Waals surface area contributed by atoms with Crippen molar-refractivity contribution < 1.29 is 13.2 Å². The van der Waals surface area contributed by atoms with Gasteiger partial charge in [-0.05, 0) is 24.3 Å². The molecule has 0 bridgehead atoms. The Labute approximate surface area is 96.7 Å². The smallest absolute Gasteiger partial charge is 0.301 e. The Kier molecular flexibility index (Phi) is 2.79. The molecule has 0 spiro atoms. The molecular formula is C13H10F3N. The van der Waals surface area contributed by atoms with Crippen LogP contribution in [0.4, 0.5) is 18.9 Å². The van der Waals surface area contributed by atoms with Crippen LogP contribution in [0.3, 0.4) is 0 Å². The van der Waals surface area contributed by atoms with Crippen LogP contribution in [0.2, 0.25) is 0 Å². The first kappa shape index (κ1) is 11.5. The van der Waals surface area contributed by atoms with E-state index in [1.54, 1.807) is 0 Å². The first-order valence-corrected chi connectivity index (χ1v) is 5.00. The Morgan fingerprint density at radius 3 is 2.06 bits per heavy atom. The van der Waals surface area contributed by atoms with Crippen LogP contribution in [0.5, 0.6) is 0 Å². The van der Waals surface area contributed by atoms with Gasteiger partial charge >= 0.3 is 5.92 Å². The standard InChI is InChI=1S/C13H10F3N/c14-12-4-2-1-3-11(12)13(15,16)9-5-7-10(17)8-6-9/h1-8H,17H2. The van der Waals surface area contributed by atoms with Gasteiger partial charge in [0.15, 0.2) is 0 Å².